The second-order valence-corrected chi connectivity index (χ2v) is 14.9. The molecule has 8 N–H and O–H groups in total. The molecule has 0 aliphatic rings. The summed E-state index contributed by atoms with van der Waals surface area (Å²) >= 11 is 0. The van der Waals surface area contributed by atoms with Crippen molar-refractivity contribution in [3.8, 4) is 113 Å². The van der Waals surface area contributed by atoms with Crippen molar-refractivity contribution in [2.45, 2.75) is 0 Å². The Kier molecular flexibility index (Phi) is 10.3. The molecule has 0 aliphatic heterocycles. The first-order valence-electron chi connectivity index (χ1n) is 20.0. The summed E-state index contributed by atoms with van der Waals surface area (Å²) in [6, 6.07) is 56.1. The number of nitrogens with zero attached hydrogens (tertiary/aromatic N) is 1. The van der Waals surface area contributed by atoms with Gasteiger partial charge in [0.25, 0.3) is 0 Å². The average Bonchev–Trinajstić information content (AvgIpc) is 3.33. The zero-order chi connectivity index (χ0) is 43.8. The highest BCUT2D eigenvalue weighted by Crippen LogP contribution is 2.64. The minimum atomic E-state index is -0.960. The van der Waals surface area contributed by atoms with Gasteiger partial charge in [-0.15, -0.1) is 0 Å². The molecule has 0 aliphatic carbocycles. The molecule has 9 aromatic rings. The van der Waals surface area contributed by atoms with Gasteiger partial charge in [-0.2, -0.15) is 0 Å². The zero-order valence-electron chi connectivity index (χ0n) is 33.4. The van der Waals surface area contributed by atoms with Crippen molar-refractivity contribution < 1.29 is 40.9 Å². The van der Waals surface area contributed by atoms with E-state index >= 15 is 0 Å². The lowest BCUT2D eigenvalue weighted by Crippen LogP contribution is -2.12. The van der Waals surface area contributed by atoms with E-state index in [1.807, 2.05) is 115 Å². The quantitative estimate of drug-likeness (QED) is 0.0522. The van der Waals surface area contributed by atoms with Gasteiger partial charge in [0.2, 0.25) is 0 Å². The summed E-state index contributed by atoms with van der Waals surface area (Å²) in [6.07, 6.45) is 0. The molecule has 0 saturated heterocycles. The Bertz CT molecular complexity index is 2930. The van der Waals surface area contributed by atoms with Crippen LogP contribution in [-0.2, 0) is 0 Å². The molecule has 9 nitrogen and oxygen atoms in total. The van der Waals surface area contributed by atoms with Crippen LogP contribution in [0.5, 0.6) is 46.0 Å². The normalized spacial score (nSPS) is 11.0. The SMILES string of the molecule is Oc1c(O)c(N(c2ccc(-c3ccccc3-c3ccccc3)cc2)c2c(O)c(O)c(-c3ccccc3-c3ccccc3)c(O)c2O)c(O)c(O)c1-c1ccccc1-c1ccccc1. The predicted octanol–water partition coefficient (Wildman–Crippen LogP) is 12.8. The maximum atomic E-state index is 12.1. The van der Waals surface area contributed by atoms with Crippen LogP contribution in [0.3, 0.4) is 0 Å². The fraction of sp³-hybridized carbons (Fsp3) is 0. The lowest BCUT2D eigenvalue weighted by molar-refractivity contribution is 0.372. The van der Waals surface area contributed by atoms with Crippen molar-refractivity contribution >= 4 is 17.1 Å². The van der Waals surface area contributed by atoms with Gasteiger partial charge in [0.15, 0.2) is 46.0 Å². The second-order valence-electron chi connectivity index (χ2n) is 14.9. The Hall–Kier alpha value is -8.82. The minimum Gasteiger partial charge on any atom is -0.504 e. The van der Waals surface area contributed by atoms with Crippen molar-refractivity contribution in [3.63, 3.8) is 0 Å². The van der Waals surface area contributed by atoms with Gasteiger partial charge in [-0.3, -0.25) is 4.90 Å². The topological polar surface area (TPSA) is 165 Å². The smallest absolute Gasteiger partial charge is 0.186 e. The second kappa shape index (κ2) is 16.3. The van der Waals surface area contributed by atoms with Crippen LogP contribution in [0.25, 0.3) is 66.8 Å². The van der Waals surface area contributed by atoms with E-state index in [9.17, 15) is 40.9 Å². The number of aromatic hydroxyl groups is 8. The number of hydrogen-bond acceptors (Lipinski definition) is 9. The molecular weight excluding hydrogens is 791 g/mol. The number of rotatable bonds is 9. The molecule has 0 spiro atoms. The van der Waals surface area contributed by atoms with Gasteiger partial charge in [-0.25, -0.2) is 0 Å². The Morgan fingerprint density at radius 1 is 0.222 bits per heavy atom. The standard InChI is InChI=1S/C54H39NO8/c56-47-43(41-26-14-12-24-39(41)33-18-6-2-7-19-33)48(57)52(61)45(51(47)60)55(36-30-28-35(29-31-36)38-23-11-10-22-37(38)32-16-4-1-5-17-32)46-53(62)49(58)44(50(59)54(46)63)42-27-15-13-25-40(42)34-20-8-3-9-21-34/h1-31,56-63H. The number of phenols is 8. The van der Waals surface area contributed by atoms with Gasteiger partial charge in [0, 0.05) is 5.69 Å². The first kappa shape index (κ1) is 39.6. The van der Waals surface area contributed by atoms with Crippen molar-refractivity contribution in [2.24, 2.45) is 0 Å². The zero-order valence-corrected chi connectivity index (χ0v) is 33.4. The van der Waals surface area contributed by atoms with Crippen LogP contribution in [0.1, 0.15) is 0 Å². The van der Waals surface area contributed by atoms with Gasteiger partial charge in [0.05, 0.1) is 11.1 Å². The average molecular weight is 830 g/mol. The van der Waals surface area contributed by atoms with E-state index in [0.717, 1.165) is 38.3 Å². The lowest BCUT2D eigenvalue weighted by atomic mass is 9.91. The largest absolute Gasteiger partial charge is 0.504 e. The summed E-state index contributed by atoms with van der Waals surface area (Å²) in [5, 5.41) is 95.8. The Balaban J connectivity index is 1.27. The molecule has 0 unspecified atom stereocenters. The molecular formula is C54H39NO8. The maximum absolute atomic E-state index is 12.1. The van der Waals surface area contributed by atoms with Crippen molar-refractivity contribution in [3.05, 3.63) is 188 Å². The third-order valence-corrected chi connectivity index (χ3v) is 11.2. The van der Waals surface area contributed by atoms with Gasteiger partial charge in [-0.05, 0) is 67.8 Å². The van der Waals surface area contributed by atoms with E-state index in [0.29, 0.717) is 11.1 Å². The molecule has 0 bridgehead atoms. The molecule has 0 radical (unpaired) electrons. The number of anilines is 3. The highest BCUT2D eigenvalue weighted by molar-refractivity contribution is 6.02. The van der Waals surface area contributed by atoms with Crippen LogP contribution < -0.4 is 4.90 Å². The summed E-state index contributed by atoms with van der Waals surface area (Å²) in [6.45, 7) is 0. The first-order valence-corrected chi connectivity index (χ1v) is 20.0. The number of benzene rings is 9. The van der Waals surface area contributed by atoms with Gasteiger partial charge < -0.3 is 40.9 Å². The molecule has 0 atom stereocenters. The first-order chi connectivity index (χ1) is 30.7. The highest BCUT2D eigenvalue weighted by Gasteiger charge is 2.36. The fourth-order valence-corrected chi connectivity index (χ4v) is 8.21. The molecule has 0 saturated carbocycles. The van der Waals surface area contributed by atoms with Gasteiger partial charge in [0.1, 0.15) is 11.4 Å². The van der Waals surface area contributed by atoms with Crippen molar-refractivity contribution in [1.82, 2.24) is 0 Å². The van der Waals surface area contributed by atoms with E-state index in [2.05, 4.69) is 0 Å². The van der Waals surface area contributed by atoms with E-state index in [-0.39, 0.29) is 27.9 Å². The summed E-state index contributed by atoms with van der Waals surface area (Å²) in [7, 11) is 0. The predicted molar refractivity (Wildman–Crippen MR) is 247 cm³/mol. The summed E-state index contributed by atoms with van der Waals surface area (Å²) in [4.78, 5) is 0.945. The Morgan fingerprint density at radius 3 is 0.762 bits per heavy atom. The molecule has 0 aromatic heterocycles. The maximum Gasteiger partial charge on any atom is 0.186 e. The van der Waals surface area contributed by atoms with Crippen LogP contribution in [0.4, 0.5) is 17.1 Å². The van der Waals surface area contributed by atoms with Gasteiger partial charge >= 0.3 is 0 Å². The Morgan fingerprint density at radius 2 is 0.460 bits per heavy atom. The monoisotopic (exact) mass is 829 g/mol. The van der Waals surface area contributed by atoms with Crippen LogP contribution >= 0.6 is 0 Å². The van der Waals surface area contributed by atoms with E-state index < -0.39 is 57.4 Å². The molecule has 9 rings (SSSR count). The highest BCUT2D eigenvalue weighted by atomic mass is 16.3. The van der Waals surface area contributed by atoms with Crippen LogP contribution in [0.15, 0.2) is 188 Å². The van der Waals surface area contributed by atoms with Crippen LogP contribution in [-0.4, -0.2) is 40.9 Å². The fourth-order valence-electron chi connectivity index (χ4n) is 8.21. The summed E-state index contributed by atoms with van der Waals surface area (Å²) < 4.78 is 0. The molecule has 308 valence electrons. The third kappa shape index (κ3) is 6.89. The van der Waals surface area contributed by atoms with Crippen LogP contribution in [0, 0.1) is 0 Å². The van der Waals surface area contributed by atoms with Crippen LogP contribution in [0.2, 0.25) is 0 Å². The van der Waals surface area contributed by atoms with Crippen molar-refractivity contribution in [2.75, 3.05) is 4.90 Å². The molecule has 9 heteroatoms. The molecule has 0 heterocycles. The minimum absolute atomic E-state index is 0.0552. The van der Waals surface area contributed by atoms with E-state index in [1.165, 1.54) is 0 Å². The summed E-state index contributed by atoms with van der Waals surface area (Å²) in [5.74, 6) is -7.22. The molecule has 9 aromatic carbocycles. The molecule has 0 amide bonds. The number of hydrogen-bond donors (Lipinski definition) is 8. The van der Waals surface area contributed by atoms with E-state index in [4.69, 9.17) is 0 Å². The van der Waals surface area contributed by atoms with E-state index in [1.54, 1.807) is 72.8 Å². The van der Waals surface area contributed by atoms with Crippen molar-refractivity contribution in [1.29, 1.82) is 0 Å². The molecule has 0 fully saturated rings. The summed E-state index contributed by atoms with van der Waals surface area (Å²) in [5.41, 5.74) is 4.72. The van der Waals surface area contributed by atoms with Gasteiger partial charge in [-0.1, -0.05) is 176 Å². The third-order valence-electron chi connectivity index (χ3n) is 11.2. The lowest BCUT2D eigenvalue weighted by Gasteiger charge is -2.30. The Labute approximate surface area is 362 Å². The molecule has 63 heavy (non-hydrogen) atoms. The number of phenolic OH excluding ortho intramolecular Hbond substituents is 8.